The Morgan fingerprint density at radius 2 is 0.909 bits per heavy atom. The smallest absolute Gasteiger partial charge is 0.411 e. The maximum Gasteiger partial charge on any atom is 0.411 e. The van der Waals surface area contributed by atoms with Crippen molar-refractivity contribution in [2.75, 3.05) is 0 Å². The first-order chi connectivity index (χ1) is 15.1. The summed E-state index contributed by atoms with van der Waals surface area (Å²) in [7, 11) is 0. The predicted octanol–water partition coefficient (Wildman–Crippen LogP) is 6.06. The van der Waals surface area contributed by atoms with Crippen molar-refractivity contribution in [2.45, 2.75) is 31.6 Å². The van der Waals surface area contributed by atoms with Gasteiger partial charge in [0.25, 0.3) is 0 Å². The molecule has 10 heteroatoms. The van der Waals surface area contributed by atoms with Gasteiger partial charge >= 0.3 is 24.3 Å². The van der Waals surface area contributed by atoms with Gasteiger partial charge in [0.05, 0.1) is 0 Å². The van der Waals surface area contributed by atoms with Gasteiger partial charge in [0.1, 0.15) is 11.5 Å². The zero-order valence-corrected chi connectivity index (χ0v) is 17.4. The van der Waals surface area contributed by atoms with Gasteiger partial charge in [-0.15, -0.1) is 0 Å². The molecule has 33 heavy (non-hydrogen) atoms. The molecule has 2 aromatic carbocycles. The Bertz CT molecular complexity index is 977. The summed E-state index contributed by atoms with van der Waals surface area (Å²) in [4.78, 5) is 23.1. The van der Waals surface area contributed by atoms with Crippen molar-refractivity contribution in [2.24, 2.45) is 0 Å². The van der Waals surface area contributed by atoms with Crippen molar-refractivity contribution in [1.82, 2.24) is 0 Å². The third-order valence-electron chi connectivity index (χ3n) is 4.54. The van der Waals surface area contributed by atoms with Crippen LogP contribution >= 0.6 is 0 Å². The lowest BCUT2D eigenvalue weighted by Gasteiger charge is -2.38. The quantitative estimate of drug-likeness (QED) is 0.222. The van der Waals surface area contributed by atoms with Gasteiger partial charge in [0.15, 0.2) is 0 Å². The molecule has 0 spiro atoms. The van der Waals surface area contributed by atoms with E-state index in [4.69, 9.17) is 9.47 Å². The van der Waals surface area contributed by atoms with Crippen LogP contribution in [0.1, 0.15) is 25.0 Å². The fourth-order valence-electron chi connectivity index (χ4n) is 2.92. The summed E-state index contributed by atoms with van der Waals surface area (Å²) >= 11 is 0. The van der Waals surface area contributed by atoms with Crippen molar-refractivity contribution >= 4 is 11.9 Å². The highest BCUT2D eigenvalue weighted by Gasteiger charge is 2.72. The van der Waals surface area contributed by atoms with Crippen molar-refractivity contribution < 1.29 is 45.4 Å². The average Bonchev–Trinajstić information content (AvgIpc) is 2.68. The number of esters is 2. The van der Waals surface area contributed by atoms with Gasteiger partial charge in [0, 0.05) is 11.1 Å². The topological polar surface area (TPSA) is 52.6 Å². The third-order valence-corrected chi connectivity index (χ3v) is 4.54. The second kappa shape index (κ2) is 9.13. The summed E-state index contributed by atoms with van der Waals surface area (Å²) in [6.07, 6.45) is -11.6. The van der Waals surface area contributed by atoms with Gasteiger partial charge in [-0.25, -0.2) is 9.59 Å². The third kappa shape index (κ3) is 5.10. The lowest BCUT2D eigenvalue weighted by Crippen LogP contribution is -2.54. The maximum absolute atomic E-state index is 14.2. The number of ether oxygens (including phenoxy) is 2. The Hall–Kier alpha value is -3.56. The number of hydrogen-bond acceptors (Lipinski definition) is 4. The first-order valence-corrected chi connectivity index (χ1v) is 9.21. The van der Waals surface area contributed by atoms with Crippen LogP contribution in [0.25, 0.3) is 0 Å². The maximum atomic E-state index is 14.2. The van der Waals surface area contributed by atoms with Gasteiger partial charge in [-0.2, -0.15) is 26.3 Å². The Morgan fingerprint density at radius 1 is 0.636 bits per heavy atom. The first-order valence-electron chi connectivity index (χ1n) is 9.21. The summed E-state index contributed by atoms with van der Waals surface area (Å²) in [6.45, 7) is 9.33. The van der Waals surface area contributed by atoms with Crippen LogP contribution in [0.2, 0.25) is 0 Å². The molecule has 176 valence electrons. The molecule has 0 aromatic heterocycles. The number of carbonyl (C=O) groups excluding carboxylic acids is 2. The number of hydrogen-bond donors (Lipinski definition) is 0. The first kappa shape index (κ1) is 25.7. The molecule has 0 saturated heterocycles. The van der Waals surface area contributed by atoms with Crippen molar-refractivity contribution in [3.8, 4) is 11.5 Å². The van der Waals surface area contributed by atoms with Crippen LogP contribution in [0.3, 0.4) is 0 Å². The molecule has 0 amide bonds. The normalized spacial score (nSPS) is 12.1. The van der Waals surface area contributed by atoms with Crippen LogP contribution in [0.4, 0.5) is 26.3 Å². The van der Waals surface area contributed by atoms with Crippen molar-refractivity contribution in [1.29, 1.82) is 0 Å². The highest BCUT2D eigenvalue weighted by Crippen LogP contribution is 2.56. The van der Waals surface area contributed by atoms with E-state index in [1.165, 1.54) is 13.8 Å². The number of benzene rings is 2. The van der Waals surface area contributed by atoms with E-state index in [9.17, 15) is 35.9 Å². The fourth-order valence-corrected chi connectivity index (χ4v) is 2.92. The highest BCUT2D eigenvalue weighted by molar-refractivity contribution is 5.89. The molecular weight excluding hydrogens is 454 g/mol. The van der Waals surface area contributed by atoms with E-state index < -0.39 is 40.8 Å². The van der Waals surface area contributed by atoms with E-state index in [1.807, 2.05) is 0 Å². The summed E-state index contributed by atoms with van der Waals surface area (Å²) < 4.78 is 94.6. The lowest BCUT2D eigenvalue weighted by atomic mass is 9.73. The van der Waals surface area contributed by atoms with Gasteiger partial charge in [-0.05, 0) is 49.2 Å². The molecule has 0 atom stereocenters. The standard InChI is InChI=1S/C23H18F6O4/c1-13(2)19(30)32-17-9-5-15(6-10-17)21(22(24,25)26,23(27,28)29)16-7-11-18(12-8-16)33-20(31)14(3)4/h5-12H,1,3H2,2,4H3. The van der Waals surface area contributed by atoms with Crippen LogP contribution in [0, 0.1) is 0 Å². The van der Waals surface area contributed by atoms with Crippen molar-refractivity contribution in [3.05, 3.63) is 84.0 Å². The molecule has 0 fully saturated rings. The second-order valence-corrected chi connectivity index (χ2v) is 7.13. The zero-order valence-electron chi connectivity index (χ0n) is 17.4. The lowest BCUT2D eigenvalue weighted by molar-refractivity contribution is -0.288. The van der Waals surface area contributed by atoms with E-state index in [1.54, 1.807) is 0 Å². The molecule has 0 aliphatic rings. The van der Waals surface area contributed by atoms with E-state index in [2.05, 4.69) is 13.2 Å². The molecule has 4 nitrogen and oxygen atoms in total. The second-order valence-electron chi connectivity index (χ2n) is 7.13. The van der Waals surface area contributed by atoms with Crippen LogP contribution in [0.5, 0.6) is 11.5 Å². The number of halogens is 6. The van der Waals surface area contributed by atoms with Crippen LogP contribution in [0.15, 0.2) is 72.8 Å². The highest BCUT2D eigenvalue weighted by atomic mass is 19.4. The Kier molecular flexibility index (Phi) is 7.11. The molecule has 2 rings (SSSR count). The zero-order chi connectivity index (χ0) is 25.2. The molecule has 0 bridgehead atoms. The summed E-state index contributed by atoms with van der Waals surface area (Å²) in [5.41, 5.74) is -6.72. The van der Waals surface area contributed by atoms with Gasteiger partial charge < -0.3 is 9.47 Å². The molecule has 0 saturated carbocycles. The molecule has 0 N–H and O–H groups in total. The van der Waals surface area contributed by atoms with E-state index in [0.29, 0.717) is 24.3 Å². The average molecular weight is 472 g/mol. The molecule has 0 unspecified atom stereocenters. The number of rotatable bonds is 6. The largest absolute Gasteiger partial charge is 0.423 e. The van der Waals surface area contributed by atoms with Crippen LogP contribution < -0.4 is 9.47 Å². The molecule has 0 heterocycles. The predicted molar refractivity (Wildman–Crippen MR) is 107 cm³/mol. The SMILES string of the molecule is C=C(C)C(=O)Oc1ccc(C(c2ccc(OC(=O)C(=C)C)cc2)(C(F)(F)F)C(F)(F)F)cc1. The van der Waals surface area contributed by atoms with Crippen molar-refractivity contribution in [3.63, 3.8) is 0 Å². The van der Waals surface area contributed by atoms with Gasteiger partial charge in [-0.3, -0.25) is 0 Å². The van der Waals surface area contributed by atoms with Crippen LogP contribution in [-0.2, 0) is 15.0 Å². The molecule has 0 aliphatic carbocycles. The molecule has 0 radical (unpaired) electrons. The minimum absolute atomic E-state index is 0.00792. The van der Waals surface area contributed by atoms with Crippen LogP contribution in [-0.4, -0.2) is 24.3 Å². The monoisotopic (exact) mass is 472 g/mol. The fraction of sp³-hybridized carbons (Fsp3) is 0.217. The summed E-state index contributed by atoms with van der Waals surface area (Å²) in [5, 5.41) is 0. The van der Waals surface area contributed by atoms with Gasteiger partial charge in [0.2, 0.25) is 5.41 Å². The summed E-state index contributed by atoms with van der Waals surface area (Å²) in [6, 6.07) is 5.62. The Balaban J connectivity index is 2.62. The molecule has 0 aliphatic heterocycles. The minimum atomic E-state index is -5.81. The van der Waals surface area contributed by atoms with E-state index >= 15 is 0 Å². The van der Waals surface area contributed by atoms with Gasteiger partial charge in [-0.1, -0.05) is 37.4 Å². The summed E-state index contributed by atoms with van der Waals surface area (Å²) in [5.74, 6) is -2.29. The number of alkyl halides is 6. The Labute approximate surface area is 185 Å². The Morgan fingerprint density at radius 3 is 1.12 bits per heavy atom. The minimum Gasteiger partial charge on any atom is -0.423 e. The van der Waals surface area contributed by atoms with E-state index in [-0.39, 0.29) is 22.6 Å². The number of carbonyl (C=O) groups is 2. The molecular formula is C23H18F6O4. The van der Waals surface area contributed by atoms with E-state index in [0.717, 1.165) is 24.3 Å². The molecule has 2 aromatic rings.